The lowest BCUT2D eigenvalue weighted by Crippen LogP contribution is -2.10. The van der Waals surface area contributed by atoms with Crippen LogP contribution in [-0.4, -0.2) is 4.98 Å². The summed E-state index contributed by atoms with van der Waals surface area (Å²) in [5.74, 6) is 6.22. The van der Waals surface area contributed by atoms with Crippen molar-refractivity contribution in [3.8, 4) is 5.75 Å². The summed E-state index contributed by atoms with van der Waals surface area (Å²) in [4.78, 5) is 4.22. The molecule has 0 radical (unpaired) electrons. The molecule has 0 amide bonds. The fourth-order valence-electron chi connectivity index (χ4n) is 1.57. The molecule has 0 aliphatic carbocycles. The first-order valence-electron chi connectivity index (χ1n) is 5.50. The van der Waals surface area contributed by atoms with Crippen molar-refractivity contribution in [3.05, 3.63) is 53.5 Å². The molecular formula is C13H14FN3O. The second-order valence-electron chi connectivity index (χ2n) is 3.86. The van der Waals surface area contributed by atoms with E-state index in [9.17, 15) is 4.39 Å². The first kappa shape index (κ1) is 12.3. The summed E-state index contributed by atoms with van der Waals surface area (Å²) in [6, 6.07) is 9.83. The number of hydrogen-bond acceptors (Lipinski definition) is 4. The Bertz CT molecular complexity index is 546. The van der Waals surface area contributed by atoms with E-state index >= 15 is 0 Å². The number of nitrogen functional groups attached to an aromatic ring is 1. The Hall–Kier alpha value is -2.14. The molecule has 94 valence electrons. The van der Waals surface area contributed by atoms with Crippen molar-refractivity contribution in [1.29, 1.82) is 0 Å². The molecule has 0 saturated heterocycles. The molecule has 2 rings (SSSR count). The Balaban J connectivity index is 2.06. The Morgan fingerprint density at radius 3 is 2.89 bits per heavy atom. The van der Waals surface area contributed by atoms with Crippen LogP contribution >= 0.6 is 0 Å². The van der Waals surface area contributed by atoms with Crippen molar-refractivity contribution in [1.82, 2.24) is 4.98 Å². The molecule has 0 aliphatic heterocycles. The highest BCUT2D eigenvalue weighted by Crippen LogP contribution is 2.19. The van der Waals surface area contributed by atoms with Crippen LogP contribution in [0.1, 0.15) is 11.3 Å². The minimum Gasteiger partial charge on any atom is -0.487 e. The van der Waals surface area contributed by atoms with E-state index < -0.39 is 0 Å². The summed E-state index contributed by atoms with van der Waals surface area (Å²) in [5.41, 5.74) is 3.97. The molecule has 0 bridgehead atoms. The SMILES string of the molecule is Cc1cc(F)ccc1OCc1cccc(NN)n1. The summed E-state index contributed by atoms with van der Waals surface area (Å²) in [6.45, 7) is 2.10. The van der Waals surface area contributed by atoms with Crippen LogP contribution in [0.25, 0.3) is 0 Å². The number of hydrogen-bond donors (Lipinski definition) is 2. The molecule has 0 saturated carbocycles. The topological polar surface area (TPSA) is 60.2 Å². The van der Waals surface area contributed by atoms with Gasteiger partial charge in [-0.05, 0) is 42.8 Å². The summed E-state index contributed by atoms with van der Waals surface area (Å²) < 4.78 is 18.5. The van der Waals surface area contributed by atoms with Gasteiger partial charge in [0, 0.05) is 0 Å². The normalized spacial score (nSPS) is 10.2. The summed E-state index contributed by atoms with van der Waals surface area (Å²) in [7, 11) is 0. The van der Waals surface area contributed by atoms with Gasteiger partial charge in [0.1, 0.15) is 24.0 Å². The highest BCUT2D eigenvalue weighted by molar-refractivity contribution is 5.34. The fraction of sp³-hybridized carbons (Fsp3) is 0.154. The largest absolute Gasteiger partial charge is 0.487 e. The number of aromatic nitrogens is 1. The van der Waals surface area contributed by atoms with E-state index in [4.69, 9.17) is 10.6 Å². The fourth-order valence-corrected chi connectivity index (χ4v) is 1.57. The first-order valence-corrected chi connectivity index (χ1v) is 5.50. The number of anilines is 1. The number of ether oxygens (including phenoxy) is 1. The van der Waals surface area contributed by atoms with Gasteiger partial charge in [0.05, 0.1) is 5.69 Å². The standard InChI is InChI=1S/C13H14FN3O/c1-9-7-10(14)5-6-12(9)18-8-11-3-2-4-13(16-11)17-15/h2-7H,8,15H2,1H3,(H,16,17). The minimum absolute atomic E-state index is 0.271. The maximum Gasteiger partial charge on any atom is 0.140 e. The van der Waals surface area contributed by atoms with E-state index in [-0.39, 0.29) is 5.82 Å². The number of aryl methyl sites for hydroxylation is 1. The van der Waals surface area contributed by atoms with Gasteiger partial charge in [-0.25, -0.2) is 15.2 Å². The molecular weight excluding hydrogens is 233 g/mol. The summed E-state index contributed by atoms with van der Waals surface area (Å²) >= 11 is 0. The number of rotatable bonds is 4. The number of halogens is 1. The number of benzene rings is 1. The van der Waals surface area contributed by atoms with Gasteiger partial charge in [-0.1, -0.05) is 6.07 Å². The number of nitrogens with zero attached hydrogens (tertiary/aromatic N) is 1. The minimum atomic E-state index is -0.271. The Morgan fingerprint density at radius 1 is 1.33 bits per heavy atom. The van der Waals surface area contributed by atoms with E-state index in [0.29, 0.717) is 18.2 Å². The molecule has 0 unspecified atom stereocenters. The van der Waals surface area contributed by atoms with Crippen molar-refractivity contribution in [2.45, 2.75) is 13.5 Å². The van der Waals surface area contributed by atoms with Crippen molar-refractivity contribution in [3.63, 3.8) is 0 Å². The van der Waals surface area contributed by atoms with Gasteiger partial charge in [0.25, 0.3) is 0 Å². The second-order valence-corrected chi connectivity index (χ2v) is 3.86. The van der Waals surface area contributed by atoms with E-state index in [0.717, 1.165) is 11.3 Å². The van der Waals surface area contributed by atoms with Gasteiger partial charge in [0.2, 0.25) is 0 Å². The van der Waals surface area contributed by atoms with Crippen molar-refractivity contribution >= 4 is 5.82 Å². The van der Waals surface area contributed by atoms with Crippen LogP contribution < -0.4 is 16.0 Å². The van der Waals surface area contributed by atoms with Crippen LogP contribution in [0.3, 0.4) is 0 Å². The molecule has 0 fully saturated rings. The van der Waals surface area contributed by atoms with E-state index in [1.165, 1.54) is 12.1 Å². The van der Waals surface area contributed by atoms with E-state index in [1.807, 2.05) is 12.1 Å². The van der Waals surface area contributed by atoms with Crippen molar-refractivity contribution < 1.29 is 9.13 Å². The highest BCUT2D eigenvalue weighted by Gasteiger charge is 2.03. The lowest BCUT2D eigenvalue weighted by atomic mass is 10.2. The van der Waals surface area contributed by atoms with Crippen molar-refractivity contribution in [2.75, 3.05) is 5.43 Å². The van der Waals surface area contributed by atoms with Gasteiger partial charge in [-0.3, -0.25) is 0 Å². The molecule has 0 atom stereocenters. The number of hydrazine groups is 1. The third-order valence-electron chi connectivity index (χ3n) is 2.47. The molecule has 2 aromatic rings. The Kier molecular flexibility index (Phi) is 3.74. The second kappa shape index (κ2) is 5.46. The van der Waals surface area contributed by atoms with E-state index in [2.05, 4.69) is 10.4 Å². The molecule has 3 N–H and O–H groups in total. The van der Waals surface area contributed by atoms with E-state index in [1.54, 1.807) is 19.1 Å². The lowest BCUT2D eigenvalue weighted by molar-refractivity contribution is 0.299. The number of pyridine rings is 1. The van der Waals surface area contributed by atoms with Gasteiger partial charge in [-0.2, -0.15) is 0 Å². The van der Waals surface area contributed by atoms with Crippen LogP contribution in [0.5, 0.6) is 5.75 Å². The molecule has 1 aromatic carbocycles. The molecule has 0 aliphatic rings. The van der Waals surface area contributed by atoms with Gasteiger partial charge >= 0.3 is 0 Å². The molecule has 1 aromatic heterocycles. The predicted molar refractivity (Wildman–Crippen MR) is 67.5 cm³/mol. The molecule has 5 heteroatoms. The highest BCUT2D eigenvalue weighted by atomic mass is 19.1. The molecule has 1 heterocycles. The van der Waals surface area contributed by atoms with Crippen LogP contribution in [0, 0.1) is 12.7 Å². The number of nitrogens with one attached hydrogen (secondary N) is 1. The third kappa shape index (κ3) is 2.95. The summed E-state index contributed by atoms with van der Waals surface area (Å²) in [5, 5.41) is 0. The zero-order valence-corrected chi connectivity index (χ0v) is 9.98. The molecule has 18 heavy (non-hydrogen) atoms. The predicted octanol–water partition coefficient (Wildman–Crippen LogP) is 2.39. The average molecular weight is 247 g/mol. The number of nitrogens with two attached hydrogens (primary N) is 1. The quantitative estimate of drug-likeness (QED) is 0.643. The van der Waals surface area contributed by atoms with Gasteiger partial charge < -0.3 is 10.2 Å². The van der Waals surface area contributed by atoms with Crippen LogP contribution in [0.2, 0.25) is 0 Å². The molecule has 0 spiro atoms. The van der Waals surface area contributed by atoms with Crippen LogP contribution in [-0.2, 0) is 6.61 Å². The summed E-state index contributed by atoms with van der Waals surface area (Å²) in [6.07, 6.45) is 0. The first-order chi connectivity index (χ1) is 8.69. The smallest absolute Gasteiger partial charge is 0.140 e. The monoisotopic (exact) mass is 247 g/mol. The Labute approximate surface area is 105 Å². The molecule has 4 nitrogen and oxygen atoms in total. The maximum atomic E-state index is 12.9. The average Bonchev–Trinajstić information content (AvgIpc) is 2.38. The van der Waals surface area contributed by atoms with Crippen LogP contribution in [0.15, 0.2) is 36.4 Å². The van der Waals surface area contributed by atoms with Crippen molar-refractivity contribution in [2.24, 2.45) is 5.84 Å². The third-order valence-corrected chi connectivity index (χ3v) is 2.47. The zero-order valence-electron chi connectivity index (χ0n) is 9.98. The van der Waals surface area contributed by atoms with Crippen LogP contribution in [0.4, 0.5) is 10.2 Å². The zero-order chi connectivity index (χ0) is 13.0. The Morgan fingerprint density at radius 2 is 2.17 bits per heavy atom. The van der Waals surface area contributed by atoms with Gasteiger partial charge in [0.15, 0.2) is 0 Å². The lowest BCUT2D eigenvalue weighted by Gasteiger charge is -2.09. The maximum absolute atomic E-state index is 12.9. The van der Waals surface area contributed by atoms with Gasteiger partial charge in [-0.15, -0.1) is 0 Å².